The van der Waals surface area contributed by atoms with E-state index in [2.05, 4.69) is 6.92 Å². The first kappa shape index (κ1) is 15.7. The third-order valence-corrected chi connectivity index (χ3v) is 3.20. The molecule has 0 fully saturated rings. The largest absolute Gasteiger partial charge is 0.387 e. The van der Waals surface area contributed by atoms with Crippen molar-refractivity contribution in [1.29, 1.82) is 0 Å². The molecular formula is C15H23NO3. The fraction of sp³-hybridized carbons (Fsp3) is 0.533. The van der Waals surface area contributed by atoms with Crippen LogP contribution in [0.15, 0.2) is 18.2 Å². The van der Waals surface area contributed by atoms with Gasteiger partial charge in [0.1, 0.15) is 6.61 Å². The van der Waals surface area contributed by atoms with Crippen LogP contribution in [0.2, 0.25) is 0 Å². The minimum atomic E-state index is -0.495. The molecule has 0 saturated heterocycles. The van der Waals surface area contributed by atoms with Gasteiger partial charge in [-0.3, -0.25) is 4.79 Å². The minimum absolute atomic E-state index is 0.115. The summed E-state index contributed by atoms with van der Waals surface area (Å²) < 4.78 is 5.14. The molecule has 1 amide bonds. The smallest absolute Gasteiger partial charge is 0.253 e. The van der Waals surface area contributed by atoms with Gasteiger partial charge in [0.25, 0.3) is 5.91 Å². The summed E-state index contributed by atoms with van der Waals surface area (Å²) in [5.74, 6) is -0.298. The van der Waals surface area contributed by atoms with Crippen LogP contribution in [-0.4, -0.2) is 37.4 Å². The lowest BCUT2D eigenvalue weighted by Crippen LogP contribution is -2.43. The van der Waals surface area contributed by atoms with E-state index in [0.29, 0.717) is 6.61 Å². The number of hydrogen-bond acceptors (Lipinski definition) is 3. The average molecular weight is 265 g/mol. The molecule has 19 heavy (non-hydrogen) atoms. The lowest BCUT2D eigenvalue weighted by molar-refractivity contribution is -0.121. The van der Waals surface area contributed by atoms with Crippen molar-refractivity contribution < 1.29 is 14.6 Å². The molecular weight excluding hydrogens is 242 g/mol. The topological polar surface area (TPSA) is 49.8 Å². The number of anilines is 1. The van der Waals surface area contributed by atoms with Crippen molar-refractivity contribution in [1.82, 2.24) is 0 Å². The van der Waals surface area contributed by atoms with Gasteiger partial charge in [-0.2, -0.15) is 0 Å². The number of benzene rings is 1. The number of carbonyl (C=O) groups is 1. The summed E-state index contributed by atoms with van der Waals surface area (Å²) in [6, 6.07) is 5.86. The number of para-hydroxylation sites is 1. The number of methoxy groups -OCH3 is 1. The molecule has 0 aliphatic heterocycles. The van der Waals surface area contributed by atoms with Crippen LogP contribution in [0.3, 0.4) is 0 Å². The first-order valence-corrected chi connectivity index (χ1v) is 6.57. The lowest BCUT2D eigenvalue weighted by atomic mass is 10.0. The monoisotopic (exact) mass is 265 g/mol. The maximum atomic E-state index is 12.1. The van der Waals surface area contributed by atoms with Crippen LogP contribution in [-0.2, 0) is 16.0 Å². The summed E-state index contributed by atoms with van der Waals surface area (Å²) in [7, 11) is 1.61. The molecule has 106 valence electrons. The SMILES string of the molecule is CCc1cccc(C)c1N(C(=O)CO)C(C)COC. The van der Waals surface area contributed by atoms with Gasteiger partial charge in [-0.05, 0) is 31.4 Å². The summed E-state index contributed by atoms with van der Waals surface area (Å²) in [5, 5.41) is 9.21. The third kappa shape index (κ3) is 3.55. The second kappa shape index (κ2) is 7.26. The van der Waals surface area contributed by atoms with Crippen LogP contribution in [0.25, 0.3) is 0 Å². The van der Waals surface area contributed by atoms with E-state index in [1.807, 2.05) is 32.0 Å². The van der Waals surface area contributed by atoms with E-state index in [1.54, 1.807) is 12.0 Å². The van der Waals surface area contributed by atoms with Crippen LogP contribution in [0.4, 0.5) is 5.69 Å². The molecule has 0 spiro atoms. The van der Waals surface area contributed by atoms with E-state index in [0.717, 1.165) is 23.2 Å². The Balaban J connectivity index is 3.28. The fourth-order valence-electron chi connectivity index (χ4n) is 2.33. The van der Waals surface area contributed by atoms with Crippen molar-refractivity contribution in [3.05, 3.63) is 29.3 Å². The summed E-state index contributed by atoms with van der Waals surface area (Å²) in [6.45, 7) is 5.89. The molecule has 1 aromatic rings. The zero-order chi connectivity index (χ0) is 14.4. The number of hydrogen-bond donors (Lipinski definition) is 1. The zero-order valence-electron chi connectivity index (χ0n) is 12.1. The molecule has 0 aromatic heterocycles. The first-order chi connectivity index (χ1) is 9.06. The van der Waals surface area contributed by atoms with Gasteiger partial charge in [-0.1, -0.05) is 25.1 Å². The van der Waals surface area contributed by atoms with Gasteiger partial charge in [-0.25, -0.2) is 0 Å². The highest BCUT2D eigenvalue weighted by Crippen LogP contribution is 2.27. The second-order valence-electron chi connectivity index (χ2n) is 4.66. The van der Waals surface area contributed by atoms with Crippen LogP contribution in [0, 0.1) is 6.92 Å². The Hall–Kier alpha value is -1.39. The van der Waals surface area contributed by atoms with Gasteiger partial charge in [0, 0.05) is 7.11 Å². The third-order valence-electron chi connectivity index (χ3n) is 3.20. The average Bonchev–Trinajstić information content (AvgIpc) is 2.40. The molecule has 1 unspecified atom stereocenters. The normalized spacial score (nSPS) is 12.3. The predicted molar refractivity (Wildman–Crippen MR) is 76.5 cm³/mol. The van der Waals surface area contributed by atoms with Crippen molar-refractivity contribution in [3.8, 4) is 0 Å². The van der Waals surface area contributed by atoms with Crippen molar-refractivity contribution in [2.45, 2.75) is 33.2 Å². The molecule has 0 saturated carbocycles. The molecule has 1 N–H and O–H groups in total. The number of rotatable bonds is 6. The number of nitrogens with zero attached hydrogens (tertiary/aromatic N) is 1. The van der Waals surface area contributed by atoms with Crippen molar-refractivity contribution in [3.63, 3.8) is 0 Å². The maximum absolute atomic E-state index is 12.1. The van der Waals surface area contributed by atoms with E-state index in [4.69, 9.17) is 4.74 Å². The first-order valence-electron chi connectivity index (χ1n) is 6.57. The van der Waals surface area contributed by atoms with E-state index >= 15 is 0 Å². The molecule has 0 bridgehead atoms. The Kier molecular flexibility index (Phi) is 5.99. The maximum Gasteiger partial charge on any atom is 0.253 e. The van der Waals surface area contributed by atoms with Gasteiger partial charge in [0.05, 0.1) is 18.3 Å². The molecule has 0 radical (unpaired) electrons. The van der Waals surface area contributed by atoms with E-state index in [-0.39, 0.29) is 11.9 Å². The molecule has 0 heterocycles. The van der Waals surface area contributed by atoms with Crippen LogP contribution in [0.1, 0.15) is 25.0 Å². The summed E-state index contributed by atoms with van der Waals surface area (Å²) in [5.41, 5.74) is 3.03. The minimum Gasteiger partial charge on any atom is -0.387 e. The van der Waals surface area contributed by atoms with Gasteiger partial charge < -0.3 is 14.7 Å². The lowest BCUT2D eigenvalue weighted by Gasteiger charge is -2.31. The Bertz CT molecular complexity index is 431. The summed E-state index contributed by atoms with van der Waals surface area (Å²) in [6.07, 6.45) is 0.839. The number of ether oxygens (including phenoxy) is 1. The Morgan fingerprint density at radius 2 is 2.16 bits per heavy atom. The van der Waals surface area contributed by atoms with E-state index in [9.17, 15) is 9.90 Å². The van der Waals surface area contributed by atoms with Gasteiger partial charge in [0.2, 0.25) is 0 Å². The number of carbonyl (C=O) groups excluding carboxylic acids is 1. The van der Waals surface area contributed by atoms with Gasteiger partial charge in [-0.15, -0.1) is 0 Å². The molecule has 0 aliphatic carbocycles. The summed E-state index contributed by atoms with van der Waals surface area (Å²) >= 11 is 0. The van der Waals surface area contributed by atoms with Crippen LogP contribution >= 0.6 is 0 Å². The molecule has 1 atom stereocenters. The Labute approximate surface area is 115 Å². The number of amides is 1. The number of aryl methyl sites for hydroxylation is 2. The van der Waals surface area contributed by atoms with Crippen molar-refractivity contribution >= 4 is 11.6 Å². The summed E-state index contributed by atoms with van der Waals surface area (Å²) in [4.78, 5) is 13.7. The number of aliphatic hydroxyl groups is 1. The highest BCUT2D eigenvalue weighted by Gasteiger charge is 2.24. The van der Waals surface area contributed by atoms with Gasteiger partial charge >= 0.3 is 0 Å². The Morgan fingerprint density at radius 3 is 2.68 bits per heavy atom. The Morgan fingerprint density at radius 1 is 1.47 bits per heavy atom. The molecule has 4 nitrogen and oxygen atoms in total. The molecule has 4 heteroatoms. The molecule has 1 rings (SSSR count). The quantitative estimate of drug-likeness (QED) is 0.855. The van der Waals surface area contributed by atoms with Crippen molar-refractivity contribution in [2.75, 3.05) is 25.2 Å². The molecule has 1 aromatic carbocycles. The van der Waals surface area contributed by atoms with E-state index < -0.39 is 6.61 Å². The van der Waals surface area contributed by atoms with Crippen molar-refractivity contribution in [2.24, 2.45) is 0 Å². The van der Waals surface area contributed by atoms with Gasteiger partial charge in [0.15, 0.2) is 0 Å². The molecule has 0 aliphatic rings. The standard InChI is InChI=1S/C15H23NO3/c1-5-13-8-6-7-11(2)15(13)16(14(18)9-17)12(3)10-19-4/h6-8,12,17H,5,9-10H2,1-4H3. The zero-order valence-corrected chi connectivity index (χ0v) is 12.1. The fourth-order valence-corrected chi connectivity index (χ4v) is 2.33. The number of aliphatic hydroxyl groups excluding tert-OH is 1. The highest BCUT2D eigenvalue weighted by atomic mass is 16.5. The second-order valence-corrected chi connectivity index (χ2v) is 4.66. The van der Waals surface area contributed by atoms with Crippen LogP contribution < -0.4 is 4.90 Å². The van der Waals surface area contributed by atoms with E-state index in [1.165, 1.54) is 0 Å². The predicted octanol–water partition coefficient (Wildman–Crippen LogP) is 1.92. The highest BCUT2D eigenvalue weighted by molar-refractivity contribution is 5.96. The van der Waals surface area contributed by atoms with Crippen LogP contribution in [0.5, 0.6) is 0 Å².